The van der Waals surface area contributed by atoms with Gasteiger partial charge >= 0.3 is 0 Å². The number of hydrogen-bond acceptors (Lipinski definition) is 6. The average Bonchev–Trinajstić information content (AvgIpc) is 2.86. The Morgan fingerprint density at radius 1 is 1.50 bits per heavy atom. The molecule has 1 fully saturated rings. The largest absolute Gasteiger partial charge is 0.415 e. The summed E-state index contributed by atoms with van der Waals surface area (Å²) in [4.78, 5) is 0. The minimum absolute atomic E-state index is 0.299. The van der Waals surface area contributed by atoms with Gasteiger partial charge in [-0.25, -0.2) is 0 Å². The monoisotopic (exact) mass is 215 g/mol. The molecule has 5 nitrogen and oxygen atoms in total. The third-order valence-electron chi connectivity index (χ3n) is 2.04. The molecule has 0 aromatic carbocycles. The van der Waals surface area contributed by atoms with Gasteiger partial charge in [0.05, 0.1) is 12.6 Å². The normalized spacial score (nSPS) is 21.6. The van der Waals surface area contributed by atoms with Gasteiger partial charge in [0.25, 0.3) is 5.22 Å². The van der Waals surface area contributed by atoms with Gasteiger partial charge in [0.1, 0.15) is 0 Å². The van der Waals surface area contributed by atoms with Crippen LogP contribution >= 0.6 is 11.8 Å². The predicted octanol–water partition coefficient (Wildman–Crippen LogP) is 0.799. The lowest BCUT2D eigenvalue weighted by Crippen LogP contribution is -2.07. The highest BCUT2D eigenvalue weighted by molar-refractivity contribution is 7.99. The number of thioether (sulfide) groups is 1. The van der Waals surface area contributed by atoms with E-state index in [1.165, 1.54) is 11.8 Å². The summed E-state index contributed by atoms with van der Waals surface area (Å²) in [5.41, 5.74) is 5.35. The molecule has 1 aromatic heterocycles. The highest BCUT2D eigenvalue weighted by Crippen LogP contribution is 2.22. The van der Waals surface area contributed by atoms with Crippen molar-refractivity contribution in [2.24, 2.45) is 5.73 Å². The zero-order chi connectivity index (χ0) is 9.80. The molecule has 0 saturated carbocycles. The second kappa shape index (κ2) is 4.77. The quantitative estimate of drug-likeness (QED) is 0.749. The second-order valence-electron chi connectivity index (χ2n) is 3.11. The number of nitrogens with two attached hydrogens (primary N) is 1. The Morgan fingerprint density at radius 2 is 2.43 bits per heavy atom. The summed E-state index contributed by atoms with van der Waals surface area (Å²) in [7, 11) is 0. The predicted molar refractivity (Wildman–Crippen MR) is 51.9 cm³/mol. The Labute approximate surface area is 86.4 Å². The maximum absolute atomic E-state index is 5.47. The van der Waals surface area contributed by atoms with Crippen molar-refractivity contribution in [2.45, 2.75) is 30.7 Å². The third-order valence-corrected chi connectivity index (χ3v) is 2.99. The van der Waals surface area contributed by atoms with E-state index in [1.54, 1.807) is 0 Å². The average molecular weight is 215 g/mol. The summed E-state index contributed by atoms with van der Waals surface area (Å²) in [6, 6.07) is 0. The van der Waals surface area contributed by atoms with Crippen LogP contribution < -0.4 is 5.73 Å². The smallest absolute Gasteiger partial charge is 0.276 e. The van der Waals surface area contributed by atoms with E-state index in [0.29, 0.717) is 23.8 Å². The fraction of sp³-hybridized carbons (Fsp3) is 0.750. The molecule has 1 unspecified atom stereocenters. The van der Waals surface area contributed by atoms with E-state index in [-0.39, 0.29) is 0 Å². The maximum Gasteiger partial charge on any atom is 0.276 e. The Morgan fingerprint density at radius 3 is 3.07 bits per heavy atom. The van der Waals surface area contributed by atoms with Gasteiger partial charge in [0, 0.05) is 12.4 Å². The third kappa shape index (κ3) is 2.46. The molecule has 2 N–H and O–H groups in total. The fourth-order valence-corrected chi connectivity index (χ4v) is 2.16. The molecular formula is C8H13N3O2S. The van der Waals surface area contributed by atoms with E-state index in [4.69, 9.17) is 14.9 Å². The highest BCUT2D eigenvalue weighted by atomic mass is 32.2. The van der Waals surface area contributed by atoms with Crippen molar-refractivity contribution in [3.63, 3.8) is 0 Å². The van der Waals surface area contributed by atoms with Gasteiger partial charge in [-0.05, 0) is 12.8 Å². The van der Waals surface area contributed by atoms with Crippen LogP contribution in [0.15, 0.2) is 9.64 Å². The summed E-state index contributed by atoms with van der Waals surface area (Å²) >= 11 is 1.53. The summed E-state index contributed by atoms with van der Waals surface area (Å²) in [6.45, 7) is 1.18. The minimum Gasteiger partial charge on any atom is -0.415 e. The molecule has 0 aliphatic carbocycles. The summed E-state index contributed by atoms with van der Waals surface area (Å²) < 4.78 is 10.7. The van der Waals surface area contributed by atoms with Crippen LogP contribution in [-0.4, -0.2) is 28.7 Å². The first kappa shape index (κ1) is 9.95. The van der Waals surface area contributed by atoms with Gasteiger partial charge in [-0.3, -0.25) is 0 Å². The SMILES string of the molecule is NCc1nnc(SCC2CCCO2)o1. The first-order valence-corrected chi connectivity index (χ1v) is 5.64. The minimum atomic E-state index is 0.299. The Balaban J connectivity index is 1.79. The van der Waals surface area contributed by atoms with E-state index in [2.05, 4.69) is 10.2 Å². The van der Waals surface area contributed by atoms with Crippen molar-refractivity contribution in [3.8, 4) is 0 Å². The summed E-state index contributed by atoms with van der Waals surface area (Å²) in [5.74, 6) is 1.37. The van der Waals surface area contributed by atoms with Crippen LogP contribution in [0.3, 0.4) is 0 Å². The molecule has 1 aromatic rings. The molecule has 0 radical (unpaired) electrons. The maximum atomic E-state index is 5.47. The molecular weight excluding hydrogens is 202 g/mol. The second-order valence-corrected chi connectivity index (χ2v) is 4.08. The number of rotatable bonds is 4. The van der Waals surface area contributed by atoms with E-state index in [0.717, 1.165) is 25.2 Å². The Bertz CT molecular complexity index is 286. The first-order valence-electron chi connectivity index (χ1n) is 4.65. The summed E-state index contributed by atoms with van der Waals surface area (Å²) in [6.07, 6.45) is 2.63. The van der Waals surface area contributed by atoms with Crippen LogP contribution in [0, 0.1) is 0 Å². The lowest BCUT2D eigenvalue weighted by molar-refractivity contribution is 0.128. The number of ether oxygens (including phenoxy) is 1. The van der Waals surface area contributed by atoms with Gasteiger partial charge in [0.15, 0.2) is 0 Å². The number of nitrogens with zero attached hydrogens (tertiary/aromatic N) is 2. The van der Waals surface area contributed by atoms with E-state index in [1.807, 2.05) is 0 Å². The molecule has 2 heterocycles. The Hall–Kier alpha value is -0.590. The molecule has 0 amide bonds. The molecule has 1 atom stereocenters. The van der Waals surface area contributed by atoms with Gasteiger partial charge in [-0.2, -0.15) is 0 Å². The van der Waals surface area contributed by atoms with Crippen molar-refractivity contribution in [1.29, 1.82) is 0 Å². The van der Waals surface area contributed by atoms with Crippen molar-refractivity contribution in [1.82, 2.24) is 10.2 Å². The van der Waals surface area contributed by atoms with E-state index < -0.39 is 0 Å². The van der Waals surface area contributed by atoms with Crippen molar-refractivity contribution in [3.05, 3.63) is 5.89 Å². The van der Waals surface area contributed by atoms with Gasteiger partial charge in [-0.15, -0.1) is 10.2 Å². The van der Waals surface area contributed by atoms with Crippen molar-refractivity contribution >= 4 is 11.8 Å². The van der Waals surface area contributed by atoms with Crippen LogP contribution in [-0.2, 0) is 11.3 Å². The first-order chi connectivity index (χ1) is 6.88. The van der Waals surface area contributed by atoms with Crippen LogP contribution in [0.25, 0.3) is 0 Å². The fourth-order valence-electron chi connectivity index (χ4n) is 1.32. The van der Waals surface area contributed by atoms with Crippen LogP contribution in [0.4, 0.5) is 0 Å². The summed E-state index contributed by atoms with van der Waals surface area (Å²) in [5, 5.41) is 8.22. The van der Waals surface area contributed by atoms with E-state index in [9.17, 15) is 0 Å². The molecule has 6 heteroatoms. The van der Waals surface area contributed by atoms with Gasteiger partial charge in [-0.1, -0.05) is 11.8 Å². The molecule has 0 bridgehead atoms. The van der Waals surface area contributed by atoms with Crippen molar-refractivity contribution < 1.29 is 9.15 Å². The Kier molecular flexibility index (Phi) is 3.39. The molecule has 1 aliphatic rings. The zero-order valence-corrected chi connectivity index (χ0v) is 8.63. The van der Waals surface area contributed by atoms with Crippen molar-refractivity contribution in [2.75, 3.05) is 12.4 Å². The van der Waals surface area contributed by atoms with Gasteiger partial charge < -0.3 is 14.9 Å². The number of hydrogen-bond donors (Lipinski definition) is 1. The molecule has 1 saturated heterocycles. The lowest BCUT2D eigenvalue weighted by Gasteiger charge is -2.05. The highest BCUT2D eigenvalue weighted by Gasteiger charge is 2.17. The molecule has 1 aliphatic heterocycles. The molecule has 2 rings (SSSR count). The number of aromatic nitrogens is 2. The zero-order valence-electron chi connectivity index (χ0n) is 7.81. The molecule has 78 valence electrons. The standard InChI is InChI=1S/C8H13N3O2S/c9-4-7-10-11-8(13-7)14-5-6-2-1-3-12-6/h6H,1-5,9H2. The molecule has 14 heavy (non-hydrogen) atoms. The van der Waals surface area contributed by atoms with E-state index >= 15 is 0 Å². The molecule has 0 spiro atoms. The van der Waals surface area contributed by atoms with Crippen LogP contribution in [0.1, 0.15) is 18.7 Å². The lowest BCUT2D eigenvalue weighted by atomic mass is 10.3. The topological polar surface area (TPSA) is 74.2 Å². The van der Waals surface area contributed by atoms with Crippen LogP contribution in [0.2, 0.25) is 0 Å². The van der Waals surface area contributed by atoms with Crippen LogP contribution in [0.5, 0.6) is 0 Å². The van der Waals surface area contributed by atoms with Gasteiger partial charge in [0.2, 0.25) is 5.89 Å².